The van der Waals surface area contributed by atoms with Crippen molar-refractivity contribution in [1.82, 2.24) is 0 Å². The van der Waals surface area contributed by atoms with Gasteiger partial charge in [0.25, 0.3) is 0 Å². The molecule has 2 nitrogen and oxygen atoms in total. The quantitative estimate of drug-likeness (QED) is 0.848. The molecule has 0 aliphatic rings. The van der Waals surface area contributed by atoms with E-state index in [4.69, 9.17) is 28.3 Å². The molecule has 0 aliphatic heterocycles. The highest BCUT2D eigenvalue weighted by atomic mass is 35.5. The van der Waals surface area contributed by atoms with Gasteiger partial charge in [0.15, 0.2) is 0 Å². The SMILES string of the molecule is Cc1cc(Cl)c(-c2ccc(Cl)c(C(=O)O)c2)cc1C. The zero-order valence-corrected chi connectivity index (χ0v) is 12.0. The molecule has 0 atom stereocenters. The Morgan fingerprint density at radius 2 is 1.63 bits per heavy atom. The number of halogens is 2. The molecule has 0 radical (unpaired) electrons. The maximum absolute atomic E-state index is 11.1. The molecule has 19 heavy (non-hydrogen) atoms. The molecule has 0 aromatic heterocycles. The van der Waals surface area contributed by atoms with Crippen molar-refractivity contribution in [2.75, 3.05) is 0 Å². The highest BCUT2D eigenvalue weighted by Gasteiger charge is 2.12. The third kappa shape index (κ3) is 2.75. The third-order valence-corrected chi connectivity index (χ3v) is 3.73. The number of rotatable bonds is 2. The summed E-state index contributed by atoms with van der Waals surface area (Å²) in [5.41, 5.74) is 3.83. The Kier molecular flexibility index (Phi) is 3.83. The summed E-state index contributed by atoms with van der Waals surface area (Å²) in [6.45, 7) is 3.97. The van der Waals surface area contributed by atoms with Crippen LogP contribution in [0.15, 0.2) is 30.3 Å². The summed E-state index contributed by atoms with van der Waals surface area (Å²) in [5.74, 6) is -1.05. The molecule has 0 amide bonds. The monoisotopic (exact) mass is 294 g/mol. The molecule has 0 heterocycles. The first kappa shape index (κ1) is 13.9. The summed E-state index contributed by atoms with van der Waals surface area (Å²) < 4.78 is 0. The van der Waals surface area contributed by atoms with Crippen LogP contribution in [0.2, 0.25) is 10.0 Å². The van der Waals surface area contributed by atoms with Crippen molar-refractivity contribution in [3.63, 3.8) is 0 Å². The van der Waals surface area contributed by atoms with E-state index in [1.165, 1.54) is 0 Å². The first-order chi connectivity index (χ1) is 8.90. The third-order valence-electron chi connectivity index (χ3n) is 3.09. The second kappa shape index (κ2) is 5.24. The Bertz CT molecular complexity index is 663. The lowest BCUT2D eigenvalue weighted by Crippen LogP contribution is -1.98. The van der Waals surface area contributed by atoms with E-state index in [-0.39, 0.29) is 10.6 Å². The van der Waals surface area contributed by atoms with E-state index in [1.54, 1.807) is 18.2 Å². The number of aryl methyl sites for hydroxylation is 2. The van der Waals surface area contributed by atoms with E-state index in [0.717, 1.165) is 22.3 Å². The van der Waals surface area contributed by atoms with Crippen LogP contribution in [0.1, 0.15) is 21.5 Å². The van der Waals surface area contributed by atoms with Crippen LogP contribution in [0.4, 0.5) is 0 Å². The van der Waals surface area contributed by atoms with Crippen LogP contribution in [-0.4, -0.2) is 11.1 Å². The van der Waals surface area contributed by atoms with Crippen LogP contribution >= 0.6 is 23.2 Å². The minimum Gasteiger partial charge on any atom is -0.478 e. The average molecular weight is 295 g/mol. The number of carboxylic acid groups (broad SMARTS) is 1. The zero-order chi connectivity index (χ0) is 14.2. The molecule has 4 heteroatoms. The number of aromatic carboxylic acids is 1. The molecular formula is C15H12Cl2O2. The molecule has 1 N–H and O–H groups in total. The first-order valence-corrected chi connectivity index (χ1v) is 6.45. The second-order valence-corrected chi connectivity index (χ2v) is 5.23. The summed E-state index contributed by atoms with van der Waals surface area (Å²) in [6.07, 6.45) is 0. The van der Waals surface area contributed by atoms with E-state index >= 15 is 0 Å². The number of benzene rings is 2. The number of carboxylic acids is 1. The Morgan fingerprint density at radius 3 is 2.26 bits per heavy atom. The zero-order valence-electron chi connectivity index (χ0n) is 10.5. The maximum atomic E-state index is 11.1. The van der Waals surface area contributed by atoms with Crippen LogP contribution < -0.4 is 0 Å². The van der Waals surface area contributed by atoms with E-state index in [2.05, 4.69) is 0 Å². The van der Waals surface area contributed by atoms with E-state index < -0.39 is 5.97 Å². The average Bonchev–Trinajstić information content (AvgIpc) is 2.34. The normalized spacial score (nSPS) is 10.5. The Balaban J connectivity index is 2.63. The standard InChI is InChI=1S/C15H12Cl2O2/c1-8-5-11(14(17)6-9(8)2)10-3-4-13(16)12(7-10)15(18)19/h3-7H,1-2H3,(H,18,19). The second-order valence-electron chi connectivity index (χ2n) is 4.42. The summed E-state index contributed by atoms with van der Waals surface area (Å²) in [5, 5.41) is 9.91. The summed E-state index contributed by atoms with van der Waals surface area (Å²) in [4.78, 5) is 11.1. The van der Waals surface area contributed by atoms with Gasteiger partial charge in [0.1, 0.15) is 0 Å². The van der Waals surface area contributed by atoms with Crippen molar-refractivity contribution in [3.8, 4) is 11.1 Å². The van der Waals surface area contributed by atoms with Gasteiger partial charge in [-0.05, 0) is 54.8 Å². The maximum Gasteiger partial charge on any atom is 0.337 e. The van der Waals surface area contributed by atoms with Gasteiger partial charge in [-0.2, -0.15) is 0 Å². The van der Waals surface area contributed by atoms with Gasteiger partial charge < -0.3 is 5.11 Å². The summed E-state index contributed by atoms with van der Waals surface area (Å²) in [6, 6.07) is 8.71. The van der Waals surface area contributed by atoms with Gasteiger partial charge in [-0.25, -0.2) is 4.79 Å². The van der Waals surface area contributed by atoms with Crippen molar-refractivity contribution in [2.24, 2.45) is 0 Å². The van der Waals surface area contributed by atoms with Gasteiger partial charge in [0, 0.05) is 10.6 Å². The molecule has 0 saturated carbocycles. The van der Waals surface area contributed by atoms with E-state index in [0.29, 0.717) is 5.02 Å². The van der Waals surface area contributed by atoms with Crippen molar-refractivity contribution >= 4 is 29.2 Å². The highest BCUT2D eigenvalue weighted by molar-refractivity contribution is 6.34. The molecular weight excluding hydrogens is 283 g/mol. The fraction of sp³-hybridized carbons (Fsp3) is 0.133. The predicted molar refractivity (Wildman–Crippen MR) is 78.3 cm³/mol. The first-order valence-electron chi connectivity index (χ1n) is 5.70. The van der Waals surface area contributed by atoms with Gasteiger partial charge in [-0.3, -0.25) is 0 Å². The van der Waals surface area contributed by atoms with E-state index in [9.17, 15) is 4.79 Å². The lowest BCUT2D eigenvalue weighted by molar-refractivity contribution is 0.0697. The van der Waals surface area contributed by atoms with Crippen molar-refractivity contribution < 1.29 is 9.90 Å². The Hall–Kier alpha value is -1.51. The largest absolute Gasteiger partial charge is 0.478 e. The van der Waals surface area contributed by atoms with Crippen molar-refractivity contribution in [3.05, 3.63) is 57.1 Å². The van der Waals surface area contributed by atoms with Crippen molar-refractivity contribution in [2.45, 2.75) is 13.8 Å². The molecule has 98 valence electrons. The molecule has 2 aromatic carbocycles. The lowest BCUT2D eigenvalue weighted by Gasteiger charge is -2.10. The molecule has 0 spiro atoms. The van der Waals surface area contributed by atoms with Gasteiger partial charge in [-0.15, -0.1) is 0 Å². The molecule has 0 bridgehead atoms. The lowest BCUT2D eigenvalue weighted by atomic mass is 9.99. The molecule has 2 aromatic rings. The topological polar surface area (TPSA) is 37.3 Å². The van der Waals surface area contributed by atoms with Crippen LogP contribution in [0.5, 0.6) is 0 Å². The van der Waals surface area contributed by atoms with E-state index in [1.807, 2.05) is 26.0 Å². The fourth-order valence-corrected chi connectivity index (χ4v) is 2.38. The minimum absolute atomic E-state index is 0.0773. The number of hydrogen-bond acceptors (Lipinski definition) is 1. The Morgan fingerprint density at radius 1 is 1.00 bits per heavy atom. The molecule has 0 saturated heterocycles. The van der Waals surface area contributed by atoms with Crippen LogP contribution in [0, 0.1) is 13.8 Å². The van der Waals surface area contributed by atoms with Gasteiger partial charge in [0.2, 0.25) is 0 Å². The highest BCUT2D eigenvalue weighted by Crippen LogP contribution is 2.32. The summed E-state index contributed by atoms with van der Waals surface area (Å²) >= 11 is 12.1. The minimum atomic E-state index is -1.05. The smallest absolute Gasteiger partial charge is 0.337 e. The van der Waals surface area contributed by atoms with Gasteiger partial charge in [-0.1, -0.05) is 29.3 Å². The molecule has 0 unspecified atom stereocenters. The predicted octanol–water partition coefficient (Wildman–Crippen LogP) is 4.98. The summed E-state index contributed by atoms with van der Waals surface area (Å²) in [7, 11) is 0. The molecule has 0 fully saturated rings. The number of hydrogen-bond donors (Lipinski definition) is 1. The Labute approximate surface area is 121 Å². The van der Waals surface area contributed by atoms with Crippen molar-refractivity contribution in [1.29, 1.82) is 0 Å². The van der Waals surface area contributed by atoms with Gasteiger partial charge >= 0.3 is 5.97 Å². The van der Waals surface area contributed by atoms with Crippen LogP contribution in [-0.2, 0) is 0 Å². The van der Waals surface area contributed by atoms with Gasteiger partial charge in [0.05, 0.1) is 10.6 Å². The van der Waals surface area contributed by atoms with Crippen LogP contribution in [0.25, 0.3) is 11.1 Å². The number of carbonyl (C=O) groups is 1. The molecule has 2 rings (SSSR count). The van der Waals surface area contributed by atoms with Crippen LogP contribution in [0.3, 0.4) is 0 Å². The molecule has 0 aliphatic carbocycles. The fourth-order valence-electron chi connectivity index (χ4n) is 1.86.